The number of thioether (sulfide) groups is 1. The zero-order chi connectivity index (χ0) is 19.2. The van der Waals surface area contributed by atoms with Crippen molar-refractivity contribution in [1.29, 1.82) is 0 Å². The zero-order valence-corrected chi connectivity index (χ0v) is 16.9. The summed E-state index contributed by atoms with van der Waals surface area (Å²) in [5, 5.41) is 0.711. The fourth-order valence-electron chi connectivity index (χ4n) is 3.01. The SMILES string of the molecule is O=C1c2ccccc2S(=O)(=O)c2c1ccc(SCc1ccccc1Cl)c2Cl. The lowest BCUT2D eigenvalue weighted by molar-refractivity contribution is 0.103. The maximum atomic E-state index is 13.1. The van der Waals surface area contributed by atoms with Crippen LogP contribution >= 0.6 is 35.0 Å². The van der Waals surface area contributed by atoms with Crippen LogP contribution in [0.1, 0.15) is 21.5 Å². The number of carbonyl (C=O) groups excluding carboxylic acids is 1. The summed E-state index contributed by atoms with van der Waals surface area (Å²) in [6.45, 7) is 0. The summed E-state index contributed by atoms with van der Waals surface area (Å²) in [7, 11) is -3.87. The van der Waals surface area contributed by atoms with Gasteiger partial charge in [-0.05, 0) is 35.9 Å². The van der Waals surface area contributed by atoms with E-state index in [9.17, 15) is 13.2 Å². The number of halogens is 2. The van der Waals surface area contributed by atoms with Crippen LogP contribution < -0.4 is 0 Å². The maximum Gasteiger partial charge on any atom is 0.209 e. The van der Waals surface area contributed by atoms with Crippen molar-refractivity contribution in [2.45, 2.75) is 20.4 Å². The minimum atomic E-state index is -3.87. The van der Waals surface area contributed by atoms with E-state index in [0.29, 0.717) is 15.7 Å². The van der Waals surface area contributed by atoms with E-state index < -0.39 is 9.84 Å². The number of benzene rings is 3. The van der Waals surface area contributed by atoms with Crippen molar-refractivity contribution >= 4 is 50.6 Å². The molecule has 4 rings (SSSR count). The average Bonchev–Trinajstić information content (AvgIpc) is 2.66. The molecule has 0 bridgehead atoms. The van der Waals surface area contributed by atoms with E-state index >= 15 is 0 Å². The molecule has 3 aromatic rings. The highest BCUT2D eigenvalue weighted by atomic mass is 35.5. The summed E-state index contributed by atoms with van der Waals surface area (Å²) in [5.74, 6) is 0.197. The van der Waals surface area contributed by atoms with E-state index in [1.165, 1.54) is 30.0 Å². The first-order valence-corrected chi connectivity index (χ1v) is 11.2. The van der Waals surface area contributed by atoms with E-state index in [1.54, 1.807) is 24.3 Å². The van der Waals surface area contributed by atoms with Crippen LogP contribution in [-0.4, -0.2) is 14.2 Å². The van der Waals surface area contributed by atoms with Gasteiger partial charge in [0, 0.05) is 26.8 Å². The number of carbonyl (C=O) groups is 1. The molecule has 136 valence electrons. The molecular formula is C20H12Cl2O3S2. The molecule has 0 aliphatic carbocycles. The normalized spacial score (nSPS) is 14.5. The molecule has 0 saturated heterocycles. The standard InChI is InChI=1S/C20H12Cl2O3S2/c21-15-7-3-1-5-12(15)11-26-16-10-9-14-19(23)13-6-2-4-8-17(13)27(24,25)20(14)18(16)22/h1-10H,11H2. The van der Waals surface area contributed by atoms with Gasteiger partial charge in [0.15, 0.2) is 5.78 Å². The predicted octanol–water partition coefficient (Wildman–Crippen LogP) is 5.66. The van der Waals surface area contributed by atoms with Gasteiger partial charge in [-0.1, -0.05) is 53.5 Å². The number of rotatable bonds is 3. The van der Waals surface area contributed by atoms with Gasteiger partial charge in [-0.3, -0.25) is 4.79 Å². The summed E-state index contributed by atoms with van der Waals surface area (Å²) in [5.41, 5.74) is 1.21. The lowest BCUT2D eigenvalue weighted by Gasteiger charge is -2.21. The van der Waals surface area contributed by atoms with Crippen molar-refractivity contribution < 1.29 is 13.2 Å². The number of sulfone groups is 1. The van der Waals surface area contributed by atoms with Crippen LogP contribution in [0.4, 0.5) is 0 Å². The second-order valence-electron chi connectivity index (χ2n) is 5.96. The monoisotopic (exact) mass is 434 g/mol. The van der Waals surface area contributed by atoms with Gasteiger partial charge in [0.25, 0.3) is 0 Å². The molecule has 1 aliphatic rings. The van der Waals surface area contributed by atoms with Gasteiger partial charge in [-0.2, -0.15) is 0 Å². The lowest BCUT2D eigenvalue weighted by Crippen LogP contribution is -2.20. The fourth-order valence-corrected chi connectivity index (χ4v) is 6.66. The molecule has 0 N–H and O–H groups in total. The Labute approximate surface area is 171 Å². The van der Waals surface area contributed by atoms with Gasteiger partial charge < -0.3 is 0 Å². The third-order valence-corrected chi connectivity index (χ3v) is 8.33. The first-order chi connectivity index (χ1) is 12.9. The topological polar surface area (TPSA) is 51.2 Å². The number of hydrogen-bond acceptors (Lipinski definition) is 4. The maximum absolute atomic E-state index is 13.1. The van der Waals surface area contributed by atoms with Gasteiger partial charge in [0.2, 0.25) is 9.84 Å². The highest BCUT2D eigenvalue weighted by Crippen LogP contribution is 2.43. The van der Waals surface area contributed by atoms with Crippen molar-refractivity contribution in [1.82, 2.24) is 0 Å². The molecule has 3 nitrogen and oxygen atoms in total. The van der Waals surface area contributed by atoms with E-state index in [1.807, 2.05) is 18.2 Å². The largest absolute Gasteiger partial charge is 0.289 e. The molecule has 3 aromatic carbocycles. The Morgan fingerprint density at radius 3 is 2.33 bits per heavy atom. The van der Waals surface area contributed by atoms with Gasteiger partial charge in [-0.25, -0.2) is 8.42 Å². The van der Waals surface area contributed by atoms with Gasteiger partial charge >= 0.3 is 0 Å². The number of hydrogen-bond donors (Lipinski definition) is 0. The molecule has 1 heterocycles. The van der Waals surface area contributed by atoms with E-state index in [-0.39, 0.29) is 31.7 Å². The quantitative estimate of drug-likeness (QED) is 0.390. The van der Waals surface area contributed by atoms with Crippen LogP contribution in [0.25, 0.3) is 0 Å². The summed E-state index contributed by atoms with van der Waals surface area (Å²) < 4.78 is 26.2. The van der Waals surface area contributed by atoms with Crippen molar-refractivity contribution in [2.75, 3.05) is 0 Å². The van der Waals surface area contributed by atoms with E-state index in [2.05, 4.69) is 0 Å². The molecule has 0 unspecified atom stereocenters. The second-order valence-corrected chi connectivity index (χ2v) is 9.62. The third-order valence-electron chi connectivity index (χ3n) is 4.34. The summed E-state index contributed by atoms with van der Waals surface area (Å²) >= 11 is 14.0. The van der Waals surface area contributed by atoms with Gasteiger partial charge in [0.1, 0.15) is 4.90 Å². The fraction of sp³-hybridized carbons (Fsp3) is 0.0500. The summed E-state index contributed by atoms with van der Waals surface area (Å²) in [4.78, 5) is 13.2. The Balaban J connectivity index is 1.79. The lowest BCUT2D eigenvalue weighted by atomic mass is 10.0. The Morgan fingerprint density at radius 1 is 0.852 bits per heavy atom. The predicted molar refractivity (Wildman–Crippen MR) is 108 cm³/mol. The Bertz CT molecular complexity index is 1190. The van der Waals surface area contributed by atoms with Crippen molar-refractivity contribution in [3.8, 4) is 0 Å². The van der Waals surface area contributed by atoms with E-state index in [0.717, 1.165) is 5.56 Å². The molecule has 0 saturated carbocycles. The minimum absolute atomic E-state index is 0.00217. The molecule has 27 heavy (non-hydrogen) atoms. The van der Waals surface area contributed by atoms with Crippen molar-refractivity contribution in [2.24, 2.45) is 0 Å². The Morgan fingerprint density at radius 2 is 1.56 bits per heavy atom. The van der Waals surface area contributed by atoms with Crippen molar-refractivity contribution in [3.63, 3.8) is 0 Å². The van der Waals surface area contributed by atoms with Gasteiger partial charge in [-0.15, -0.1) is 11.8 Å². The molecule has 0 atom stereocenters. The number of ketones is 1. The van der Waals surface area contributed by atoms with Crippen LogP contribution in [0.15, 0.2) is 75.4 Å². The molecule has 0 amide bonds. The third kappa shape index (κ3) is 3.09. The summed E-state index contributed by atoms with van der Waals surface area (Å²) in [6, 6.07) is 16.8. The molecule has 0 spiro atoms. The first-order valence-electron chi connectivity index (χ1n) is 7.99. The van der Waals surface area contributed by atoms with Crippen LogP contribution in [-0.2, 0) is 15.6 Å². The molecule has 0 fully saturated rings. The Hall–Kier alpha value is -1.79. The van der Waals surface area contributed by atoms with Crippen LogP contribution in [0.5, 0.6) is 0 Å². The minimum Gasteiger partial charge on any atom is -0.289 e. The smallest absolute Gasteiger partial charge is 0.209 e. The van der Waals surface area contributed by atoms with Gasteiger partial charge in [0.05, 0.1) is 9.92 Å². The number of fused-ring (bicyclic) bond motifs is 2. The summed E-state index contributed by atoms with van der Waals surface area (Å²) in [6.07, 6.45) is 0. The molecule has 1 aliphatic heterocycles. The van der Waals surface area contributed by atoms with Crippen LogP contribution in [0, 0.1) is 0 Å². The second kappa shape index (κ2) is 6.99. The molecule has 0 radical (unpaired) electrons. The van der Waals surface area contributed by atoms with Crippen LogP contribution in [0.3, 0.4) is 0 Å². The van der Waals surface area contributed by atoms with Crippen molar-refractivity contribution in [3.05, 3.63) is 87.4 Å². The van der Waals surface area contributed by atoms with E-state index in [4.69, 9.17) is 23.2 Å². The molecule has 0 aromatic heterocycles. The molecular weight excluding hydrogens is 423 g/mol. The van der Waals surface area contributed by atoms with Crippen LogP contribution in [0.2, 0.25) is 10.0 Å². The highest BCUT2D eigenvalue weighted by Gasteiger charge is 2.37. The average molecular weight is 435 g/mol. The molecule has 7 heteroatoms. The highest BCUT2D eigenvalue weighted by molar-refractivity contribution is 7.98. The first kappa shape index (κ1) is 18.6. The Kier molecular flexibility index (Phi) is 4.80. The zero-order valence-electron chi connectivity index (χ0n) is 13.8.